The van der Waals surface area contributed by atoms with E-state index in [9.17, 15) is 4.79 Å². The summed E-state index contributed by atoms with van der Waals surface area (Å²) in [5.74, 6) is 0.814. The molecule has 0 bridgehead atoms. The lowest BCUT2D eigenvalue weighted by Crippen LogP contribution is -2.28. The van der Waals surface area contributed by atoms with E-state index in [2.05, 4.69) is 6.92 Å². The first-order valence-electron chi connectivity index (χ1n) is 5.85. The van der Waals surface area contributed by atoms with Crippen molar-refractivity contribution in [3.05, 3.63) is 29.8 Å². The highest BCUT2D eigenvalue weighted by Crippen LogP contribution is 2.21. The number of benzene rings is 1. The topological polar surface area (TPSA) is 46.3 Å². The number of anilines is 1. The number of likely N-dealkylation sites (tertiary alicyclic amines) is 1. The molecule has 1 aromatic carbocycles. The second kappa shape index (κ2) is 4.56. The fourth-order valence-electron chi connectivity index (χ4n) is 2.16. The number of nitrogens with zero attached hydrogens (tertiary/aromatic N) is 1. The van der Waals surface area contributed by atoms with Crippen LogP contribution in [0.2, 0.25) is 0 Å². The van der Waals surface area contributed by atoms with Crippen molar-refractivity contribution in [2.45, 2.75) is 19.8 Å². The summed E-state index contributed by atoms with van der Waals surface area (Å²) in [4.78, 5) is 14.0. The van der Waals surface area contributed by atoms with Crippen molar-refractivity contribution < 1.29 is 4.79 Å². The number of hydrogen-bond acceptors (Lipinski definition) is 2. The second-order valence-electron chi connectivity index (χ2n) is 4.44. The van der Waals surface area contributed by atoms with Crippen LogP contribution in [0.3, 0.4) is 0 Å². The van der Waals surface area contributed by atoms with Crippen molar-refractivity contribution in [3.8, 4) is 0 Å². The number of hydrogen-bond donors (Lipinski definition) is 1. The van der Waals surface area contributed by atoms with Gasteiger partial charge in [0, 0.05) is 24.3 Å². The van der Waals surface area contributed by atoms with E-state index in [-0.39, 0.29) is 5.91 Å². The summed E-state index contributed by atoms with van der Waals surface area (Å²) >= 11 is 0. The fourth-order valence-corrected chi connectivity index (χ4v) is 2.16. The molecule has 3 nitrogen and oxygen atoms in total. The monoisotopic (exact) mass is 218 g/mol. The molecule has 1 atom stereocenters. The molecule has 1 aromatic rings. The van der Waals surface area contributed by atoms with E-state index in [0.29, 0.717) is 11.6 Å². The maximum Gasteiger partial charge on any atom is 0.253 e. The number of carbonyl (C=O) groups is 1. The highest BCUT2D eigenvalue weighted by molar-refractivity contribution is 5.94. The van der Waals surface area contributed by atoms with Gasteiger partial charge in [-0.25, -0.2) is 0 Å². The molecule has 86 valence electrons. The third kappa shape index (κ3) is 2.18. The molecule has 1 aliphatic rings. The minimum atomic E-state index is 0.135. The highest BCUT2D eigenvalue weighted by Gasteiger charge is 2.25. The van der Waals surface area contributed by atoms with E-state index in [1.54, 1.807) is 24.3 Å². The summed E-state index contributed by atoms with van der Waals surface area (Å²) in [6.07, 6.45) is 2.29. The first kappa shape index (κ1) is 11.0. The fraction of sp³-hybridized carbons (Fsp3) is 0.462. The van der Waals surface area contributed by atoms with Gasteiger partial charge in [0.05, 0.1) is 0 Å². The molecule has 0 radical (unpaired) electrons. The number of carbonyl (C=O) groups excluding carboxylic acids is 1. The molecule has 2 rings (SSSR count). The molecule has 2 N–H and O–H groups in total. The van der Waals surface area contributed by atoms with Crippen molar-refractivity contribution in [1.82, 2.24) is 4.90 Å². The zero-order valence-electron chi connectivity index (χ0n) is 9.65. The lowest BCUT2D eigenvalue weighted by molar-refractivity contribution is 0.0787. The average Bonchev–Trinajstić information content (AvgIpc) is 2.77. The zero-order valence-corrected chi connectivity index (χ0v) is 9.65. The number of nitrogen functional groups attached to an aromatic ring is 1. The minimum absolute atomic E-state index is 0.135. The van der Waals surface area contributed by atoms with E-state index in [1.807, 2.05) is 4.90 Å². The maximum absolute atomic E-state index is 12.1. The van der Waals surface area contributed by atoms with Crippen LogP contribution in [0, 0.1) is 5.92 Å². The van der Waals surface area contributed by atoms with Gasteiger partial charge in [-0.05, 0) is 36.6 Å². The molecule has 3 heteroatoms. The van der Waals surface area contributed by atoms with Gasteiger partial charge >= 0.3 is 0 Å². The molecule has 0 aromatic heterocycles. The van der Waals surface area contributed by atoms with Crippen molar-refractivity contribution in [1.29, 1.82) is 0 Å². The van der Waals surface area contributed by atoms with Crippen LogP contribution in [0.15, 0.2) is 24.3 Å². The number of amides is 1. The van der Waals surface area contributed by atoms with E-state index in [1.165, 1.54) is 0 Å². The van der Waals surface area contributed by atoms with Gasteiger partial charge in [-0.3, -0.25) is 4.79 Å². The van der Waals surface area contributed by atoms with Crippen molar-refractivity contribution >= 4 is 11.6 Å². The largest absolute Gasteiger partial charge is 0.399 e. The molecule has 1 unspecified atom stereocenters. The summed E-state index contributed by atoms with van der Waals surface area (Å²) in [5, 5.41) is 0. The molecule has 1 fully saturated rings. The molecule has 16 heavy (non-hydrogen) atoms. The molecule has 1 heterocycles. The van der Waals surface area contributed by atoms with Crippen LogP contribution in [0.4, 0.5) is 5.69 Å². The van der Waals surface area contributed by atoms with Crippen LogP contribution in [-0.2, 0) is 0 Å². The molecule has 1 saturated heterocycles. The summed E-state index contributed by atoms with van der Waals surface area (Å²) < 4.78 is 0. The zero-order chi connectivity index (χ0) is 11.5. The lowest BCUT2D eigenvalue weighted by atomic mass is 10.1. The Morgan fingerprint density at radius 1 is 1.44 bits per heavy atom. The molecule has 0 saturated carbocycles. The van der Waals surface area contributed by atoms with Crippen LogP contribution in [0.1, 0.15) is 30.1 Å². The van der Waals surface area contributed by atoms with Crippen LogP contribution < -0.4 is 5.73 Å². The Morgan fingerprint density at radius 3 is 2.69 bits per heavy atom. The number of nitrogens with two attached hydrogens (primary N) is 1. The van der Waals surface area contributed by atoms with Gasteiger partial charge in [0.1, 0.15) is 0 Å². The van der Waals surface area contributed by atoms with E-state index in [4.69, 9.17) is 5.73 Å². The van der Waals surface area contributed by atoms with Gasteiger partial charge in [0.25, 0.3) is 5.91 Å². The van der Waals surface area contributed by atoms with Crippen LogP contribution in [0.5, 0.6) is 0 Å². The van der Waals surface area contributed by atoms with Gasteiger partial charge < -0.3 is 10.6 Å². The minimum Gasteiger partial charge on any atom is -0.399 e. The Labute approximate surface area is 96.2 Å². The first-order valence-corrected chi connectivity index (χ1v) is 5.85. The predicted molar refractivity (Wildman–Crippen MR) is 65.2 cm³/mol. The van der Waals surface area contributed by atoms with Crippen molar-refractivity contribution in [2.75, 3.05) is 18.8 Å². The Hall–Kier alpha value is -1.51. The van der Waals surface area contributed by atoms with Gasteiger partial charge in [0.2, 0.25) is 0 Å². The smallest absolute Gasteiger partial charge is 0.253 e. The normalized spacial score (nSPS) is 20.1. The summed E-state index contributed by atoms with van der Waals surface area (Å²) in [5.41, 5.74) is 7.04. The summed E-state index contributed by atoms with van der Waals surface area (Å²) in [7, 11) is 0. The third-order valence-electron chi connectivity index (χ3n) is 3.31. The number of rotatable bonds is 2. The first-order chi connectivity index (χ1) is 7.70. The SMILES string of the molecule is CCC1CCN(C(=O)c2ccc(N)cc2)C1. The Balaban J connectivity index is 2.05. The molecule has 1 aliphatic heterocycles. The van der Waals surface area contributed by atoms with Crippen LogP contribution in [-0.4, -0.2) is 23.9 Å². The van der Waals surface area contributed by atoms with E-state index in [0.717, 1.165) is 31.5 Å². The van der Waals surface area contributed by atoms with E-state index >= 15 is 0 Å². The Morgan fingerprint density at radius 2 is 2.12 bits per heavy atom. The van der Waals surface area contributed by atoms with Gasteiger partial charge in [-0.2, -0.15) is 0 Å². The molecule has 0 spiro atoms. The third-order valence-corrected chi connectivity index (χ3v) is 3.31. The van der Waals surface area contributed by atoms with Gasteiger partial charge in [0.15, 0.2) is 0 Å². The molecular weight excluding hydrogens is 200 g/mol. The molecule has 0 aliphatic carbocycles. The molecule has 1 amide bonds. The Kier molecular flexibility index (Phi) is 3.13. The lowest BCUT2D eigenvalue weighted by Gasteiger charge is -2.16. The van der Waals surface area contributed by atoms with Crippen molar-refractivity contribution in [3.63, 3.8) is 0 Å². The Bertz CT molecular complexity index is 372. The van der Waals surface area contributed by atoms with E-state index < -0.39 is 0 Å². The summed E-state index contributed by atoms with van der Waals surface area (Å²) in [6, 6.07) is 7.16. The standard InChI is InChI=1S/C13H18N2O/c1-2-10-7-8-15(9-10)13(16)11-3-5-12(14)6-4-11/h3-6,10H,2,7-9,14H2,1H3. The quantitative estimate of drug-likeness (QED) is 0.773. The maximum atomic E-state index is 12.1. The van der Waals surface area contributed by atoms with Crippen LogP contribution >= 0.6 is 0 Å². The van der Waals surface area contributed by atoms with Crippen LogP contribution in [0.25, 0.3) is 0 Å². The van der Waals surface area contributed by atoms with Crippen molar-refractivity contribution in [2.24, 2.45) is 5.92 Å². The van der Waals surface area contributed by atoms with Gasteiger partial charge in [-0.15, -0.1) is 0 Å². The highest BCUT2D eigenvalue weighted by atomic mass is 16.2. The molecular formula is C13H18N2O. The average molecular weight is 218 g/mol. The summed E-state index contributed by atoms with van der Waals surface area (Å²) in [6.45, 7) is 3.98. The van der Waals surface area contributed by atoms with Gasteiger partial charge in [-0.1, -0.05) is 13.3 Å². The second-order valence-corrected chi connectivity index (χ2v) is 4.44. The predicted octanol–water partition coefficient (Wildman–Crippen LogP) is 2.14.